The smallest absolute Gasteiger partial charge is 0.246 e. The Kier molecular flexibility index (Phi) is 10.3. The molecule has 5 atom stereocenters. The number of hydrogen-bond donors (Lipinski definition) is 6. The van der Waals surface area contributed by atoms with E-state index in [0.717, 1.165) is 16.5 Å². The maximum atomic E-state index is 13.9. The minimum atomic E-state index is -1.09. The molecular formula is C31H43N7O6. The summed E-state index contributed by atoms with van der Waals surface area (Å²) in [5.74, 6) is -3.85. The summed E-state index contributed by atoms with van der Waals surface area (Å²) >= 11 is 0. The zero-order chi connectivity index (χ0) is 32.1. The van der Waals surface area contributed by atoms with Crippen LogP contribution in [0.3, 0.4) is 0 Å². The van der Waals surface area contributed by atoms with E-state index >= 15 is 0 Å². The number of nitrogens with zero attached hydrogens (tertiary/aromatic N) is 1. The minimum Gasteiger partial charge on any atom is -0.361 e. The lowest BCUT2D eigenvalue weighted by molar-refractivity contribution is -0.143. The van der Waals surface area contributed by atoms with Gasteiger partial charge in [-0.2, -0.15) is 0 Å². The molecule has 2 aliphatic rings. The number of nitrogens with one attached hydrogen (secondary N) is 6. The summed E-state index contributed by atoms with van der Waals surface area (Å²) < 4.78 is 0. The number of carbonyl (C=O) groups is 6. The Labute approximate surface area is 256 Å². The van der Waals surface area contributed by atoms with Gasteiger partial charge in [0.15, 0.2) is 0 Å². The van der Waals surface area contributed by atoms with Crippen LogP contribution in [0, 0.1) is 11.8 Å². The molecule has 0 radical (unpaired) electrons. The molecule has 2 saturated heterocycles. The first-order valence-electron chi connectivity index (χ1n) is 15.2. The van der Waals surface area contributed by atoms with Gasteiger partial charge in [0.05, 0.1) is 6.54 Å². The Hall–Kier alpha value is -4.42. The first kappa shape index (κ1) is 32.5. The highest BCUT2D eigenvalue weighted by Gasteiger charge is 2.41. The van der Waals surface area contributed by atoms with Gasteiger partial charge in [-0.05, 0) is 43.2 Å². The van der Waals surface area contributed by atoms with Crippen molar-refractivity contribution in [3.8, 4) is 0 Å². The highest BCUT2D eigenvalue weighted by molar-refractivity contribution is 5.98. The van der Waals surface area contributed by atoms with Gasteiger partial charge in [-0.1, -0.05) is 45.9 Å². The van der Waals surface area contributed by atoms with Crippen LogP contribution in [0.4, 0.5) is 0 Å². The van der Waals surface area contributed by atoms with E-state index in [0.29, 0.717) is 19.4 Å². The number of H-pyrrole nitrogens is 1. The summed E-state index contributed by atoms with van der Waals surface area (Å²) in [6.07, 6.45) is 2.87. The molecule has 1 aromatic carbocycles. The average molecular weight is 610 g/mol. The first-order chi connectivity index (χ1) is 20.9. The number of hydrogen-bond acceptors (Lipinski definition) is 6. The van der Waals surface area contributed by atoms with Gasteiger partial charge in [-0.15, -0.1) is 0 Å². The fourth-order valence-electron chi connectivity index (χ4n) is 5.70. The Morgan fingerprint density at radius 1 is 0.818 bits per heavy atom. The van der Waals surface area contributed by atoms with Crippen molar-refractivity contribution in [2.45, 2.75) is 84.1 Å². The van der Waals surface area contributed by atoms with E-state index in [9.17, 15) is 28.8 Å². The second kappa shape index (κ2) is 13.9. The molecule has 0 unspecified atom stereocenters. The highest BCUT2D eigenvalue weighted by Crippen LogP contribution is 2.22. The number of para-hydroxylation sites is 1. The van der Waals surface area contributed by atoms with Crippen molar-refractivity contribution in [2.24, 2.45) is 11.8 Å². The van der Waals surface area contributed by atoms with E-state index < -0.39 is 72.2 Å². The van der Waals surface area contributed by atoms with Gasteiger partial charge in [0.1, 0.15) is 30.2 Å². The van der Waals surface area contributed by atoms with Crippen molar-refractivity contribution in [1.82, 2.24) is 36.5 Å². The van der Waals surface area contributed by atoms with Crippen LogP contribution in [-0.4, -0.2) is 88.6 Å². The van der Waals surface area contributed by atoms with Crippen LogP contribution in [0.15, 0.2) is 30.5 Å². The zero-order valence-electron chi connectivity index (χ0n) is 25.9. The Bertz CT molecular complexity index is 1420. The normalized spacial score (nSPS) is 26.4. The number of aromatic amines is 1. The third-order valence-electron chi connectivity index (χ3n) is 8.24. The molecule has 1 aromatic heterocycles. The Morgan fingerprint density at radius 2 is 1.50 bits per heavy atom. The fourth-order valence-corrected chi connectivity index (χ4v) is 5.70. The second-order valence-electron chi connectivity index (χ2n) is 12.3. The minimum absolute atomic E-state index is 0.114. The van der Waals surface area contributed by atoms with Gasteiger partial charge in [-0.3, -0.25) is 28.8 Å². The Morgan fingerprint density at radius 3 is 2.20 bits per heavy atom. The van der Waals surface area contributed by atoms with Gasteiger partial charge < -0.3 is 36.5 Å². The molecule has 4 rings (SSSR count). The van der Waals surface area contributed by atoms with Crippen molar-refractivity contribution >= 4 is 46.3 Å². The molecule has 2 fully saturated rings. The van der Waals surface area contributed by atoms with Gasteiger partial charge in [0.25, 0.3) is 0 Å². The molecule has 238 valence electrons. The monoisotopic (exact) mass is 609 g/mol. The third kappa shape index (κ3) is 7.37. The van der Waals surface area contributed by atoms with E-state index in [4.69, 9.17) is 0 Å². The number of fused-ring (bicyclic) bond motifs is 2. The topological polar surface area (TPSA) is 182 Å². The van der Waals surface area contributed by atoms with E-state index in [1.165, 1.54) is 11.8 Å². The molecule has 13 nitrogen and oxygen atoms in total. The lowest BCUT2D eigenvalue weighted by Gasteiger charge is -2.32. The number of amides is 6. The van der Waals surface area contributed by atoms with E-state index in [-0.39, 0.29) is 18.3 Å². The summed E-state index contributed by atoms with van der Waals surface area (Å²) in [5, 5.41) is 14.3. The highest BCUT2D eigenvalue weighted by atomic mass is 16.2. The summed E-state index contributed by atoms with van der Waals surface area (Å²) in [7, 11) is 0. The van der Waals surface area contributed by atoms with Crippen molar-refractivity contribution in [1.29, 1.82) is 0 Å². The standard InChI is InChI=1S/C31H43N7O6/c1-16(2)25-30(43)33-15-24(39)34-18(5)27(40)35-22(13-19-14-32-21-10-7-6-9-20(19)21)28(41)37-26(17(3)4)31(44)38-12-8-11-23(38)29(42)36-25/h6-7,9-10,14,16-18,22-23,25-26,32H,8,11-13,15H2,1-5H3,(H,33,43)(H,34,39)(H,35,40)(H,36,42)(H,37,41)/t18-,22+,23-,25-,26-/m0/s1. The first-order valence-corrected chi connectivity index (χ1v) is 15.2. The fraction of sp³-hybridized carbons (Fsp3) is 0.548. The average Bonchev–Trinajstić information content (AvgIpc) is 3.63. The SMILES string of the molecule is CC(C)[C@@H]1NC(=O)[C@@H]2CCCN2C(=O)[C@H](C(C)C)NC(=O)[C@@H](Cc2c[nH]c3ccccc23)NC(=O)[C@H](C)NC(=O)CNC1=O. The molecule has 2 aromatic rings. The van der Waals surface area contributed by atoms with Crippen LogP contribution in [0.1, 0.15) is 53.0 Å². The lowest BCUT2D eigenvalue weighted by atomic mass is 9.99. The number of rotatable bonds is 4. The van der Waals surface area contributed by atoms with Gasteiger partial charge >= 0.3 is 0 Å². The second-order valence-corrected chi connectivity index (χ2v) is 12.3. The molecule has 6 amide bonds. The Balaban J connectivity index is 1.67. The number of aromatic nitrogens is 1. The molecule has 44 heavy (non-hydrogen) atoms. The lowest BCUT2D eigenvalue weighted by Crippen LogP contribution is -2.61. The van der Waals surface area contributed by atoms with Crippen molar-refractivity contribution in [3.63, 3.8) is 0 Å². The molecular weight excluding hydrogens is 566 g/mol. The largest absolute Gasteiger partial charge is 0.361 e. The molecule has 0 bridgehead atoms. The van der Waals surface area contributed by atoms with E-state index in [2.05, 4.69) is 31.6 Å². The molecule has 0 saturated carbocycles. The number of carbonyl (C=O) groups excluding carboxylic acids is 6. The predicted molar refractivity (Wildman–Crippen MR) is 163 cm³/mol. The summed E-state index contributed by atoms with van der Waals surface area (Å²) in [5.41, 5.74) is 1.65. The molecule has 6 N–H and O–H groups in total. The van der Waals surface area contributed by atoms with Crippen molar-refractivity contribution < 1.29 is 28.8 Å². The third-order valence-corrected chi connectivity index (χ3v) is 8.24. The molecule has 0 aliphatic carbocycles. The quantitative estimate of drug-likeness (QED) is 0.286. The molecule has 13 heteroatoms. The van der Waals surface area contributed by atoms with Crippen LogP contribution in [0.5, 0.6) is 0 Å². The predicted octanol–water partition coefficient (Wildman–Crippen LogP) is 0.102. The maximum absolute atomic E-state index is 13.9. The van der Waals surface area contributed by atoms with E-state index in [1.54, 1.807) is 33.9 Å². The van der Waals surface area contributed by atoms with Crippen LogP contribution in [0.25, 0.3) is 10.9 Å². The van der Waals surface area contributed by atoms with Crippen molar-refractivity contribution in [3.05, 3.63) is 36.0 Å². The van der Waals surface area contributed by atoms with Crippen LogP contribution in [-0.2, 0) is 35.2 Å². The van der Waals surface area contributed by atoms with E-state index in [1.807, 2.05) is 24.3 Å². The van der Waals surface area contributed by atoms with Crippen LogP contribution >= 0.6 is 0 Å². The number of benzene rings is 1. The van der Waals surface area contributed by atoms with Gasteiger partial charge in [0, 0.05) is 30.1 Å². The maximum Gasteiger partial charge on any atom is 0.246 e. The van der Waals surface area contributed by atoms with Crippen molar-refractivity contribution in [2.75, 3.05) is 13.1 Å². The van der Waals surface area contributed by atoms with Gasteiger partial charge in [0.2, 0.25) is 35.4 Å². The summed E-state index contributed by atoms with van der Waals surface area (Å²) in [6.45, 7) is 8.49. The summed E-state index contributed by atoms with van der Waals surface area (Å²) in [4.78, 5) is 84.7. The van der Waals surface area contributed by atoms with Gasteiger partial charge in [-0.25, -0.2) is 0 Å². The van der Waals surface area contributed by atoms with Crippen LogP contribution < -0.4 is 26.6 Å². The van der Waals surface area contributed by atoms with Crippen LogP contribution in [0.2, 0.25) is 0 Å². The molecule has 3 heterocycles. The molecule has 2 aliphatic heterocycles. The summed E-state index contributed by atoms with van der Waals surface area (Å²) in [6, 6.07) is 2.70. The molecule has 0 spiro atoms. The zero-order valence-corrected chi connectivity index (χ0v) is 25.9.